The molecule has 5 heteroatoms. The molecule has 15 heavy (non-hydrogen) atoms. The second-order valence-corrected chi connectivity index (χ2v) is 4.46. The van der Waals surface area contributed by atoms with E-state index in [1.54, 1.807) is 24.3 Å². The first kappa shape index (κ1) is 10.5. The minimum absolute atomic E-state index is 0.339. The number of hydrogen-bond acceptors (Lipinski definition) is 3. The van der Waals surface area contributed by atoms with Crippen LogP contribution in [0.1, 0.15) is 20.7 Å². The van der Waals surface area contributed by atoms with Crippen LogP contribution >= 0.6 is 30.1 Å². The van der Waals surface area contributed by atoms with Crippen LogP contribution in [-0.4, -0.2) is 16.7 Å². The third kappa shape index (κ3) is 1.75. The van der Waals surface area contributed by atoms with Crippen molar-refractivity contribution in [2.24, 2.45) is 0 Å². The lowest BCUT2D eigenvalue weighted by atomic mass is 10.1. The van der Waals surface area contributed by atoms with Crippen molar-refractivity contribution < 1.29 is 9.59 Å². The highest BCUT2D eigenvalue weighted by Crippen LogP contribution is 2.21. The molecule has 74 valence electrons. The number of halogens is 1. The molecule has 0 spiro atoms. The molecule has 0 saturated heterocycles. The zero-order valence-corrected chi connectivity index (χ0v) is 10.3. The highest BCUT2D eigenvalue weighted by Gasteiger charge is 2.34. The highest BCUT2D eigenvalue weighted by atomic mass is 127. The van der Waals surface area contributed by atoms with E-state index in [2.05, 4.69) is 11.3 Å². The van der Waals surface area contributed by atoms with Crippen LogP contribution in [0.15, 0.2) is 24.3 Å². The van der Waals surface area contributed by atoms with Crippen LogP contribution in [0.5, 0.6) is 0 Å². The number of imide groups is 1. The number of hydrogen-bond donors (Lipinski definition) is 0. The summed E-state index contributed by atoms with van der Waals surface area (Å²) >= 11 is 1.98. The molecule has 0 fully saturated rings. The van der Waals surface area contributed by atoms with Gasteiger partial charge in [-0.1, -0.05) is 12.1 Å². The van der Waals surface area contributed by atoms with Gasteiger partial charge >= 0.3 is 0 Å². The second kappa shape index (κ2) is 4.24. The Morgan fingerprint density at radius 3 is 2.13 bits per heavy atom. The number of rotatable bonds is 0. The molecule has 1 aromatic carbocycles. The van der Waals surface area contributed by atoms with Gasteiger partial charge in [-0.3, -0.25) is 9.59 Å². The highest BCUT2D eigenvalue weighted by molar-refractivity contribution is 14.2. The maximum atomic E-state index is 11.7. The van der Waals surface area contributed by atoms with Crippen molar-refractivity contribution in [3.8, 4) is 11.3 Å². The van der Waals surface area contributed by atoms with Crippen LogP contribution in [0.25, 0.3) is 0 Å². The molecule has 0 bridgehead atoms. The van der Waals surface area contributed by atoms with Gasteiger partial charge in [0, 0.05) is 41.4 Å². The average Bonchev–Trinajstić information content (AvgIpc) is 2.51. The van der Waals surface area contributed by atoms with E-state index in [1.807, 2.05) is 21.2 Å². The first-order valence-corrected chi connectivity index (χ1v) is 7.37. The Balaban J connectivity index is 2.46. The molecule has 0 aliphatic carbocycles. The fourth-order valence-corrected chi connectivity index (χ4v) is 1.77. The molecule has 1 aliphatic heterocycles. The predicted octanol–water partition coefficient (Wildman–Crippen LogP) is 2.28. The van der Waals surface area contributed by atoms with Crippen molar-refractivity contribution in [3.63, 3.8) is 0 Å². The summed E-state index contributed by atoms with van der Waals surface area (Å²) in [4.78, 5) is 24.4. The lowest BCUT2D eigenvalue weighted by Crippen LogP contribution is -2.23. The van der Waals surface area contributed by atoms with E-state index in [9.17, 15) is 9.59 Å². The fraction of sp³-hybridized carbons (Fsp3) is 0. The fourth-order valence-electron chi connectivity index (χ4n) is 1.35. The van der Waals surface area contributed by atoms with Gasteiger partial charge in [0.15, 0.2) is 0 Å². The summed E-state index contributed by atoms with van der Waals surface area (Å²) in [5.74, 6) is -0.679. The first-order chi connectivity index (χ1) is 7.25. The number of fused-ring (bicyclic) bond motifs is 1. The average molecular weight is 329 g/mol. The summed E-state index contributed by atoms with van der Waals surface area (Å²) in [6.45, 7) is 0. The van der Waals surface area contributed by atoms with Crippen molar-refractivity contribution in [1.82, 2.24) is 4.90 Å². The van der Waals surface area contributed by atoms with Gasteiger partial charge in [-0.05, 0) is 12.1 Å². The molecule has 0 atom stereocenters. The summed E-state index contributed by atoms with van der Waals surface area (Å²) in [5, 5.41) is 2.62. The van der Waals surface area contributed by atoms with Crippen molar-refractivity contribution in [1.29, 1.82) is 0 Å². The zero-order chi connectivity index (χ0) is 10.8. The van der Waals surface area contributed by atoms with Gasteiger partial charge in [0.05, 0.1) is 11.1 Å². The van der Waals surface area contributed by atoms with E-state index in [1.165, 1.54) is 8.93 Å². The van der Waals surface area contributed by atoms with Crippen LogP contribution in [-0.2, 0) is 0 Å². The van der Waals surface area contributed by atoms with Crippen molar-refractivity contribution in [2.45, 2.75) is 0 Å². The Hall–Kier alpha value is -1.00. The first-order valence-electron chi connectivity index (χ1n) is 4.01. The molecular weight excluding hydrogens is 325 g/mol. The van der Waals surface area contributed by atoms with Gasteiger partial charge in [-0.15, -0.1) is 0 Å². The number of carbonyl (C=O) groups is 2. The molecule has 0 radical (unpaired) electrons. The largest absolute Gasteiger partial charge is 0.273 e. The van der Waals surface area contributed by atoms with Gasteiger partial charge in [-0.2, -0.15) is 4.90 Å². The lowest BCUT2D eigenvalue weighted by molar-refractivity contribution is 0.0735. The summed E-state index contributed by atoms with van der Waals surface area (Å²) in [6, 6.07) is 9.24. The Bertz CT molecular complexity index is 469. The maximum Gasteiger partial charge on any atom is 0.273 e. The van der Waals surface area contributed by atoms with Crippen LogP contribution in [0, 0.1) is 11.3 Å². The van der Waals surface area contributed by atoms with Gasteiger partial charge in [0.1, 0.15) is 0 Å². The molecule has 0 saturated carbocycles. The van der Waals surface area contributed by atoms with Gasteiger partial charge < -0.3 is 0 Å². The second-order valence-electron chi connectivity index (χ2n) is 2.78. The standard InChI is InChI=1S/C10H4INO2S/c11-15-6-5-12-9(13)7-3-1-2-4-8(7)10(12)14/h1-4H. The Morgan fingerprint density at radius 2 is 1.67 bits per heavy atom. The van der Waals surface area contributed by atoms with Crippen LogP contribution < -0.4 is 0 Å². The van der Waals surface area contributed by atoms with Crippen LogP contribution in [0.4, 0.5) is 0 Å². The van der Waals surface area contributed by atoms with Crippen LogP contribution in [0.3, 0.4) is 0 Å². The number of benzene rings is 1. The molecule has 0 N–H and O–H groups in total. The van der Waals surface area contributed by atoms with Gasteiger partial charge in [0.25, 0.3) is 11.8 Å². The quantitative estimate of drug-likeness (QED) is 0.416. The molecule has 3 nitrogen and oxygen atoms in total. The molecule has 0 aromatic heterocycles. The lowest BCUT2D eigenvalue weighted by Gasteiger charge is -2.01. The third-order valence-corrected chi connectivity index (χ3v) is 2.82. The summed E-state index contributed by atoms with van der Waals surface area (Å²) in [6.07, 6.45) is 0. The number of amides is 2. The Labute approximate surface area is 103 Å². The van der Waals surface area contributed by atoms with E-state index < -0.39 is 0 Å². The summed E-state index contributed by atoms with van der Waals surface area (Å²) in [5.41, 5.74) is 0.852. The predicted molar refractivity (Wildman–Crippen MR) is 66.3 cm³/mol. The molecule has 2 rings (SSSR count). The van der Waals surface area contributed by atoms with E-state index in [4.69, 9.17) is 0 Å². The molecule has 1 aliphatic rings. The number of nitrogens with zero attached hydrogens (tertiary/aromatic N) is 1. The van der Waals surface area contributed by atoms with Gasteiger partial charge in [-0.25, -0.2) is 0 Å². The topological polar surface area (TPSA) is 37.4 Å². The van der Waals surface area contributed by atoms with E-state index in [-0.39, 0.29) is 11.8 Å². The van der Waals surface area contributed by atoms with E-state index in [0.717, 1.165) is 4.90 Å². The minimum Gasteiger partial charge on any atom is -0.267 e. The van der Waals surface area contributed by atoms with E-state index >= 15 is 0 Å². The van der Waals surface area contributed by atoms with Crippen molar-refractivity contribution >= 4 is 42.0 Å². The molecule has 0 unspecified atom stereocenters. The molecule has 1 aromatic rings. The SMILES string of the molecule is O=C1c2ccccc2C(=O)N1C#CSI. The summed E-state index contributed by atoms with van der Waals surface area (Å²) in [7, 11) is 1.23. The van der Waals surface area contributed by atoms with Crippen LogP contribution in [0.2, 0.25) is 0 Å². The monoisotopic (exact) mass is 329 g/mol. The van der Waals surface area contributed by atoms with Crippen molar-refractivity contribution in [3.05, 3.63) is 35.4 Å². The Morgan fingerprint density at radius 1 is 1.13 bits per heavy atom. The summed E-state index contributed by atoms with van der Waals surface area (Å²) < 4.78 is 0. The molecule has 2 amide bonds. The maximum absolute atomic E-state index is 11.7. The normalized spacial score (nSPS) is 13.5. The smallest absolute Gasteiger partial charge is 0.267 e. The third-order valence-electron chi connectivity index (χ3n) is 1.99. The molecule has 1 heterocycles. The van der Waals surface area contributed by atoms with Crippen molar-refractivity contribution in [2.75, 3.05) is 0 Å². The minimum atomic E-state index is -0.339. The Kier molecular flexibility index (Phi) is 2.98. The van der Waals surface area contributed by atoms with E-state index in [0.29, 0.717) is 11.1 Å². The van der Waals surface area contributed by atoms with Gasteiger partial charge in [0.2, 0.25) is 0 Å². The number of carbonyl (C=O) groups excluding carboxylic acids is 2. The molecular formula is C10H4INO2S. The zero-order valence-electron chi connectivity index (χ0n) is 7.36.